The van der Waals surface area contributed by atoms with Crippen LogP contribution in [-0.2, 0) is 9.53 Å². The highest BCUT2D eigenvalue weighted by Gasteiger charge is 2.51. The zero-order valence-electron chi connectivity index (χ0n) is 10.00. The van der Waals surface area contributed by atoms with E-state index in [1.165, 1.54) is 4.90 Å². The summed E-state index contributed by atoms with van der Waals surface area (Å²) in [4.78, 5) is 24.1. The van der Waals surface area contributed by atoms with E-state index in [9.17, 15) is 15.0 Å². The molecule has 1 saturated heterocycles. The summed E-state index contributed by atoms with van der Waals surface area (Å²) in [5.41, 5.74) is 0. The van der Waals surface area contributed by atoms with Gasteiger partial charge in [-0.3, -0.25) is 9.69 Å². The van der Waals surface area contributed by atoms with Gasteiger partial charge in [0.15, 0.2) is 12.3 Å². The van der Waals surface area contributed by atoms with Crippen LogP contribution < -0.4 is 0 Å². The van der Waals surface area contributed by atoms with Gasteiger partial charge in [-0.15, -0.1) is 0 Å². The average Bonchev–Trinajstić information content (AvgIpc) is 2.90. The molecule has 3 N–H and O–H groups in total. The van der Waals surface area contributed by atoms with Gasteiger partial charge in [0.05, 0.1) is 6.61 Å². The van der Waals surface area contributed by atoms with Gasteiger partial charge in [-0.25, -0.2) is 9.98 Å². The maximum Gasteiger partial charge on any atom is 0.279 e. The van der Waals surface area contributed by atoms with Gasteiger partial charge < -0.3 is 20.1 Å². The van der Waals surface area contributed by atoms with Gasteiger partial charge in [0, 0.05) is 0 Å². The fourth-order valence-corrected chi connectivity index (χ4v) is 2.58. The van der Waals surface area contributed by atoms with Crippen molar-refractivity contribution in [1.82, 2.24) is 4.90 Å². The lowest BCUT2D eigenvalue weighted by molar-refractivity contribution is -0.117. The fraction of sp³-hybridized carbons (Fsp3) is 0.600. The van der Waals surface area contributed by atoms with E-state index in [0.717, 1.165) is 6.34 Å². The molecule has 20 heavy (non-hydrogen) atoms. The second kappa shape index (κ2) is 4.86. The third-order valence-electron chi connectivity index (χ3n) is 3.31. The van der Waals surface area contributed by atoms with Crippen LogP contribution in [-0.4, -0.2) is 80.8 Å². The van der Waals surface area contributed by atoms with Crippen molar-refractivity contribution in [3.63, 3.8) is 0 Å². The minimum atomic E-state index is -1.33. The molecule has 10 heteroatoms. The van der Waals surface area contributed by atoms with Crippen molar-refractivity contribution >= 4 is 35.0 Å². The Hall–Kier alpha value is -1.39. The molecule has 0 aliphatic carbocycles. The molecule has 0 aromatic carbocycles. The summed E-state index contributed by atoms with van der Waals surface area (Å²) in [6, 6.07) is -0.964. The maximum atomic E-state index is 11.6. The van der Waals surface area contributed by atoms with Crippen molar-refractivity contribution in [3.05, 3.63) is 0 Å². The number of amides is 1. The summed E-state index contributed by atoms with van der Waals surface area (Å²) < 4.78 is 5.35. The molecule has 0 bridgehead atoms. The molecule has 3 aliphatic rings. The summed E-state index contributed by atoms with van der Waals surface area (Å²) >= 11 is 5.95. The lowest BCUT2D eigenvalue weighted by Gasteiger charge is -2.28. The minimum Gasteiger partial charge on any atom is -0.394 e. The Morgan fingerprint density at radius 1 is 1.40 bits per heavy atom. The third-order valence-corrected chi connectivity index (χ3v) is 3.59. The number of hydrogen-bond donors (Lipinski definition) is 3. The number of hydrogen-bond acceptors (Lipinski definition) is 8. The number of ether oxygens (including phenoxy) is 1. The first-order valence-electron chi connectivity index (χ1n) is 5.83. The number of carbonyl (C=O) groups is 1. The number of aliphatic hydroxyl groups is 3. The lowest BCUT2D eigenvalue weighted by Crippen LogP contribution is -2.49. The smallest absolute Gasteiger partial charge is 0.279 e. The Kier molecular flexibility index (Phi) is 3.30. The summed E-state index contributed by atoms with van der Waals surface area (Å²) in [5.74, 6) is -0.354. The standard InChI is InChI=1S/C10H11ClN4O5/c11-10-14-4-7(12-2-13-8(4)19)15(10)9-6(18)5(17)3(1-16)20-9/h2-6,9,16-18H,1H2/t3-,4?,5-,6-,9-/m1/s1. The van der Waals surface area contributed by atoms with Crippen molar-refractivity contribution < 1.29 is 24.9 Å². The number of nitrogens with zero attached hydrogens (tertiary/aromatic N) is 4. The van der Waals surface area contributed by atoms with Crippen molar-refractivity contribution in [2.24, 2.45) is 15.0 Å². The number of fused-ring (bicyclic) bond motifs is 1. The number of carbonyl (C=O) groups excluding carboxylic acids is 1. The monoisotopic (exact) mass is 302 g/mol. The molecule has 3 heterocycles. The Morgan fingerprint density at radius 3 is 2.80 bits per heavy atom. The van der Waals surface area contributed by atoms with Crippen LogP contribution in [0, 0.1) is 0 Å². The van der Waals surface area contributed by atoms with E-state index in [1.54, 1.807) is 0 Å². The molecule has 0 spiro atoms. The highest BCUT2D eigenvalue weighted by Crippen LogP contribution is 2.29. The molecule has 0 radical (unpaired) electrons. The summed E-state index contributed by atoms with van der Waals surface area (Å²) in [6.07, 6.45) is -3.57. The molecule has 1 unspecified atom stereocenters. The molecular weight excluding hydrogens is 292 g/mol. The van der Waals surface area contributed by atoms with Crippen LogP contribution in [0.5, 0.6) is 0 Å². The van der Waals surface area contributed by atoms with Crippen molar-refractivity contribution in [2.75, 3.05) is 6.61 Å². The number of aliphatic imine (C=N–C) groups is 3. The lowest BCUT2D eigenvalue weighted by atomic mass is 10.1. The van der Waals surface area contributed by atoms with E-state index < -0.39 is 43.1 Å². The van der Waals surface area contributed by atoms with E-state index in [0.29, 0.717) is 0 Å². The predicted octanol–water partition coefficient (Wildman–Crippen LogP) is -2.33. The van der Waals surface area contributed by atoms with Crippen molar-refractivity contribution in [3.8, 4) is 0 Å². The first-order chi connectivity index (χ1) is 9.54. The maximum absolute atomic E-state index is 11.6. The molecule has 108 valence electrons. The topological polar surface area (TPSA) is 127 Å². The molecule has 0 saturated carbocycles. The molecule has 9 nitrogen and oxygen atoms in total. The molecule has 5 atom stereocenters. The molecule has 1 fully saturated rings. The van der Waals surface area contributed by atoms with Crippen molar-refractivity contribution in [1.29, 1.82) is 0 Å². The van der Waals surface area contributed by atoms with Crippen LogP contribution in [0.25, 0.3) is 0 Å². The number of halogens is 1. The molecule has 1 amide bonds. The van der Waals surface area contributed by atoms with E-state index in [2.05, 4.69) is 15.0 Å². The number of rotatable bonds is 2. The predicted molar refractivity (Wildman–Crippen MR) is 67.6 cm³/mol. The molecule has 3 rings (SSSR count). The van der Waals surface area contributed by atoms with Gasteiger partial charge in [0.25, 0.3) is 5.91 Å². The normalized spacial score (nSPS) is 39.9. The van der Waals surface area contributed by atoms with E-state index in [4.69, 9.17) is 21.4 Å². The van der Waals surface area contributed by atoms with E-state index in [-0.39, 0.29) is 11.1 Å². The molecule has 3 aliphatic heterocycles. The first-order valence-corrected chi connectivity index (χ1v) is 6.21. The third kappa shape index (κ3) is 1.86. The van der Waals surface area contributed by atoms with Gasteiger partial charge in [0.1, 0.15) is 30.5 Å². The largest absolute Gasteiger partial charge is 0.394 e. The second-order valence-corrected chi connectivity index (χ2v) is 4.81. The summed E-state index contributed by atoms with van der Waals surface area (Å²) in [6.45, 7) is -0.465. The fourth-order valence-electron chi connectivity index (χ4n) is 2.30. The Morgan fingerprint density at radius 2 is 2.15 bits per heavy atom. The van der Waals surface area contributed by atoms with Crippen LogP contribution in [0.1, 0.15) is 0 Å². The number of amidine groups is 2. The van der Waals surface area contributed by atoms with E-state index in [1.807, 2.05) is 0 Å². The van der Waals surface area contributed by atoms with Crippen LogP contribution in [0.3, 0.4) is 0 Å². The van der Waals surface area contributed by atoms with Crippen LogP contribution >= 0.6 is 11.6 Å². The number of aliphatic hydroxyl groups excluding tert-OH is 3. The molecular formula is C10H11ClN4O5. The zero-order chi connectivity index (χ0) is 14.4. The highest BCUT2D eigenvalue weighted by atomic mass is 35.5. The highest BCUT2D eigenvalue weighted by molar-refractivity contribution is 6.67. The Bertz CT molecular complexity index is 536. The molecule has 0 aromatic heterocycles. The minimum absolute atomic E-state index is 0.0950. The molecule has 0 aromatic rings. The van der Waals surface area contributed by atoms with Crippen molar-refractivity contribution in [2.45, 2.75) is 30.6 Å². The first kappa shape index (κ1) is 13.6. The van der Waals surface area contributed by atoms with Gasteiger partial charge in [-0.2, -0.15) is 4.99 Å². The second-order valence-electron chi connectivity index (χ2n) is 4.47. The quantitative estimate of drug-likeness (QED) is 0.491. The van der Waals surface area contributed by atoms with Gasteiger partial charge in [0.2, 0.25) is 5.29 Å². The summed E-state index contributed by atoms with van der Waals surface area (Å²) in [5, 5.41) is 28.7. The summed E-state index contributed by atoms with van der Waals surface area (Å²) in [7, 11) is 0. The Balaban J connectivity index is 1.91. The zero-order valence-corrected chi connectivity index (χ0v) is 10.8. The Labute approximate surface area is 117 Å². The van der Waals surface area contributed by atoms with Crippen LogP contribution in [0.15, 0.2) is 15.0 Å². The van der Waals surface area contributed by atoms with Gasteiger partial charge in [-0.05, 0) is 11.6 Å². The van der Waals surface area contributed by atoms with E-state index >= 15 is 0 Å². The van der Waals surface area contributed by atoms with Gasteiger partial charge in [-0.1, -0.05) is 0 Å². The van der Waals surface area contributed by atoms with Crippen LogP contribution in [0.2, 0.25) is 0 Å². The SMILES string of the molecule is O=C1N=CN=C2C1N=C(Cl)N2[C@@H]1O[C@H](CO)[C@@H](O)[C@H]1O. The average molecular weight is 303 g/mol. The van der Waals surface area contributed by atoms with Gasteiger partial charge >= 0.3 is 0 Å². The van der Waals surface area contributed by atoms with Crippen LogP contribution in [0.4, 0.5) is 0 Å².